The predicted molar refractivity (Wildman–Crippen MR) is 120 cm³/mol. The lowest BCUT2D eigenvalue weighted by Gasteiger charge is -2.33. The van der Waals surface area contributed by atoms with Gasteiger partial charge in [0, 0.05) is 31.7 Å². The van der Waals surface area contributed by atoms with Gasteiger partial charge in [0.2, 0.25) is 17.7 Å². The van der Waals surface area contributed by atoms with E-state index in [1.807, 2.05) is 19.1 Å². The highest BCUT2D eigenvalue weighted by Crippen LogP contribution is 2.35. The largest absolute Gasteiger partial charge is 0.371 e. The van der Waals surface area contributed by atoms with Crippen molar-refractivity contribution in [3.8, 4) is 0 Å². The van der Waals surface area contributed by atoms with E-state index in [9.17, 15) is 14.4 Å². The number of hydrogen-bond donors (Lipinski definition) is 1. The standard InChI is InChI=1S/C25H33N3O3/c1-17-6-5-14-27(16-17)20-11-9-19(10-12-20)18(2)26-23(29)13-15-28-24(30)21-7-3-4-8-22(21)25(28)31/h3-4,9-12,17-18,21-22H,5-8,13-16H2,1-2H3,(H,26,29)/t17-,18-,21-,22+/m1/s1. The van der Waals surface area contributed by atoms with Crippen LogP contribution in [0, 0.1) is 17.8 Å². The Bertz CT molecular complexity index is 837. The number of anilines is 1. The van der Waals surface area contributed by atoms with Crippen LogP contribution in [0.4, 0.5) is 5.69 Å². The van der Waals surface area contributed by atoms with Crippen LogP contribution in [0.25, 0.3) is 0 Å². The van der Waals surface area contributed by atoms with Gasteiger partial charge in [0.25, 0.3) is 0 Å². The molecule has 1 N–H and O–H groups in total. The molecule has 0 spiro atoms. The minimum Gasteiger partial charge on any atom is -0.371 e. The van der Waals surface area contributed by atoms with Crippen LogP contribution in [0.3, 0.4) is 0 Å². The molecule has 6 nitrogen and oxygen atoms in total. The van der Waals surface area contributed by atoms with E-state index in [2.05, 4.69) is 41.4 Å². The fraction of sp³-hybridized carbons (Fsp3) is 0.560. The number of carbonyl (C=O) groups is 3. The van der Waals surface area contributed by atoms with Crippen molar-refractivity contribution in [2.75, 3.05) is 24.5 Å². The maximum atomic E-state index is 12.5. The van der Waals surface area contributed by atoms with E-state index < -0.39 is 0 Å². The molecule has 6 heteroatoms. The number of amides is 3. The summed E-state index contributed by atoms with van der Waals surface area (Å²) in [4.78, 5) is 41.3. The summed E-state index contributed by atoms with van der Waals surface area (Å²) in [5.41, 5.74) is 2.28. The first-order chi connectivity index (χ1) is 14.9. The predicted octanol–water partition coefficient (Wildman–Crippen LogP) is 3.44. The highest BCUT2D eigenvalue weighted by atomic mass is 16.2. The van der Waals surface area contributed by atoms with Crippen molar-refractivity contribution in [1.82, 2.24) is 10.2 Å². The molecular formula is C25H33N3O3. The minimum absolute atomic E-state index is 0.122. The van der Waals surface area contributed by atoms with Gasteiger partial charge in [-0.15, -0.1) is 0 Å². The summed E-state index contributed by atoms with van der Waals surface area (Å²) < 4.78 is 0. The maximum absolute atomic E-state index is 12.5. The first-order valence-corrected chi connectivity index (χ1v) is 11.6. The zero-order chi connectivity index (χ0) is 22.0. The third-order valence-electron chi connectivity index (χ3n) is 6.95. The SMILES string of the molecule is C[C@@H]1CCCN(c2ccc([C@@H](C)NC(=O)CCN3C(=O)[C@H]4CC=CC[C@H]4C3=O)cc2)C1. The Morgan fingerprint density at radius 2 is 1.74 bits per heavy atom. The molecule has 166 valence electrons. The minimum atomic E-state index is -0.235. The van der Waals surface area contributed by atoms with Crippen LogP contribution < -0.4 is 10.2 Å². The number of likely N-dealkylation sites (tertiary alicyclic amines) is 1. The average Bonchev–Trinajstić information content (AvgIpc) is 3.02. The number of benzene rings is 1. The van der Waals surface area contributed by atoms with Crippen molar-refractivity contribution in [2.45, 2.75) is 52.0 Å². The van der Waals surface area contributed by atoms with Gasteiger partial charge in [0.15, 0.2) is 0 Å². The van der Waals surface area contributed by atoms with Crippen molar-refractivity contribution in [3.05, 3.63) is 42.0 Å². The van der Waals surface area contributed by atoms with Crippen LogP contribution in [0.5, 0.6) is 0 Å². The van der Waals surface area contributed by atoms with Crippen LogP contribution in [-0.4, -0.2) is 42.3 Å². The molecule has 1 aromatic carbocycles. The molecular weight excluding hydrogens is 390 g/mol. The van der Waals surface area contributed by atoms with Gasteiger partial charge in [-0.25, -0.2) is 0 Å². The molecule has 0 radical (unpaired) electrons. The van der Waals surface area contributed by atoms with Crippen molar-refractivity contribution in [1.29, 1.82) is 0 Å². The van der Waals surface area contributed by atoms with Crippen molar-refractivity contribution >= 4 is 23.4 Å². The summed E-state index contributed by atoms with van der Waals surface area (Å²) in [6.45, 7) is 6.61. The van der Waals surface area contributed by atoms with Gasteiger partial charge in [0.05, 0.1) is 17.9 Å². The van der Waals surface area contributed by atoms with E-state index in [0.717, 1.165) is 24.6 Å². The van der Waals surface area contributed by atoms with Gasteiger partial charge >= 0.3 is 0 Å². The molecule has 2 saturated heterocycles. The molecule has 1 aliphatic carbocycles. The molecule has 2 heterocycles. The lowest BCUT2D eigenvalue weighted by molar-refractivity contribution is -0.140. The first-order valence-electron chi connectivity index (χ1n) is 11.6. The Kier molecular flexibility index (Phi) is 6.44. The van der Waals surface area contributed by atoms with E-state index >= 15 is 0 Å². The number of nitrogens with one attached hydrogen (secondary N) is 1. The van der Waals surface area contributed by atoms with E-state index in [0.29, 0.717) is 12.8 Å². The maximum Gasteiger partial charge on any atom is 0.233 e. The highest BCUT2D eigenvalue weighted by Gasteiger charge is 2.46. The molecule has 3 amide bonds. The second kappa shape index (κ2) is 9.25. The molecule has 3 aliphatic rings. The molecule has 2 aliphatic heterocycles. The molecule has 0 bridgehead atoms. The Balaban J connectivity index is 1.28. The second-order valence-electron chi connectivity index (χ2n) is 9.31. The Labute approximate surface area is 184 Å². The van der Waals surface area contributed by atoms with Gasteiger partial charge in [-0.1, -0.05) is 31.2 Å². The van der Waals surface area contributed by atoms with Crippen LogP contribution in [0.2, 0.25) is 0 Å². The summed E-state index contributed by atoms with van der Waals surface area (Å²) in [6, 6.07) is 8.29. The lowest BCUT2D eigenvalue weighted by Crippen LogP contribution is -2.36. The number of piperidine rings is 1. The highest BCUT2D eigenvalue weighted by molar-refractivity contribution is 6.05. The fourth-order valence-corrected chi connectivity index (χ4v) is 5.10. The summed E-state index contributed by atoms with van der Waals surface area (Å²) in [7, 11) is 0. The lowest BCUT2D eigenvalue weighted by atomic mass is 9.85. The quantitative estimate of drug-likeness (QED) is 0.562. The molecule has 0 saturated carbocycles. The van der Waals surface area contributed by atoms with Gasteiger partial charge in [0.1, 0.15) is 0 Å². The van der Waals surface area contributed by atoms with E-state index in [1.165, 1.54) is 23.4 Å². The summed E-state index contributed by atoms with van der Waals surface area (Å²) in [6.07, 6.45) is 7.86. The first kappa shape index (κ1) is 21.6. The van der Waals surface area contributed by atoms with Crippen LogP contribution >= 0.6 is 0 Å². The molecule has 4 atom stereocenters. The van der Waals surface area contributed by atoms with Gasteiger partial charge < -0.3 is 10.2 Å². The summed E-state index contributed by atoms with van der Waals surface area (Å²) >= 11 is 0. The van der Waals surface area contributed by atoms with Crippen molar-refractivity contribution in [2.24, 2.45) is 17.8 Å². The van der Waals surface area contributed by atoms with E-state index in [1.54, 1.807) is 0 Å². The number of imide groups is 1. The normalized spacial score (nSPS) is 26.7. The van der Waals surface area contributed by atoms with Gasteiger partial charge in [-0.3, -0.25) is 19.3 Å². The number of hydrogen-bond acceptors (Lipinski definition) is 4. The third kappa shape index (κ3) is 4.68. The number of allylic oxidation sites excluding steroid dienone is 2. The van der Waals surface area contributed by atoms with Gasteiger partial charge in [-0.2, -0.15) is 0 Å². The third-order valence-corrected chi connectivity index (χ3v) is 6.95. The Morgan fingerprint density at radius 1 is 1.10 bits per heavy atom. The molecule has 4 rings (SSSR count). The zero-order valence-electron chi connectivity index (χ0n) is 18.5. The average molecular weight is 424 g/mol. The molecule has 31 heavy (non-hydrogen) atoms. The fourth-order valence-electron chi connectivity index (χ4n) is 5.10. The van der Waals surface area contributed by atoms with Crippen LogP contribution in [0.15, 0.2) is 36.4 Å². The van der Waals surface area contributed by atoms with Crippen molar-refractivity contribution in [3.63, 3.8) is 0 Å². The monoisotopic (exact) mass is 423 g/mol. The number of fused-ring (bicyclic) bond motifs is 1. The molecule has 2 fully saturated rings. The Morgan fingerprint density at radius 3 is 2.35 bits per heavy atom. The van der Waals surface area contributed by atoms with E-state index in [-0.39, 0.29) is 48.6 Å². The molecule has 0 unspecified atom stereocenters. The molecule has 1 aromatic rings. The van der Waals surface area contributed by atoms with E-state index in [4.69, 9.17) is 0 Å². The number of carbonyl (C=O) groups excluding carboxylic acids is 3. The topological polar surface area (TPSA) is 69.7 Å². The number of nitrogens with zero attached hydrogens (tertiary/aromatic N) is 2. The summed E-state index contributed by atoms with van der Waals surface area (Å²) in [5, 5.41) is 3.00. The van der Waals surface area contributed by atoms with Crippen LogP contribution in [0.1, 0.15) is 57.6 Å². The smallest absolute Gasteiger partial charge is 0.233 e. The Hall–Kier alpha value is -2.63. The zero-order valence-corrected chi connectivity index (χ0v) is 18.5. The van der Waals surface area contributed by atoms with Gasteiger partial charge in [-0.05, 0) is 56.2 Å². The molecule has 0 aromatic heterocycles. The number of rotatable bonds is 6. The summed E-state index contributed by atoms with van der Waals surface area (Å²) in [5.74, 6) is -0.135. The van der Waals surface area contributed by atoms with Crippen LogP contribution in [-0.2, 0) is 14.4 Å². The van der Waals surface area contributed by atoms with Crippen molar-refractivity contribution < 1.29 is 14.4 Å². The second-order valence-corrected chi connectivity index (χ2v) is 9.31.